The van der Waals surface area contributed by atoms with Gasteiger partial charge in [0.25, 0.3) is 5.69 Å². The van der Waals surface area contributed by atoms with Crippen LogP contribution in [0.25, 0.3) is 11.4 Å². The number of rotatable bonds is 4. The highest BCUT2D eigenvalue weighted by Gasteiger charge is 2.21. The quantitative estimate of drug-likeness (QED) is 0.619. The normalized spacial score (nSPS) is 11.5. The molecule has 0 bridgehead atoms. The topological polar surface area (TPSA) is 108 Å². The zero-order valence-electron chi connectivity index (χ0n) is 10.8. The van der Waals surface area contributed by atoms with Crippen LogP contribution in [-0.4, -0.2) is 33.9 Å². The first kappa shape index (κ1) is 14.1. The Morgan fingerprint density at radius 1 is 1.25 bits per heavy atom. The van der Waals surface area contributed by atoms with Gasteiger partial charge in [0.1, 0.15) is 0 Å². The minimum absolute atomic E-state index is 0.0441. The molecule has 8 nitrogen and oxygen atoms in total. The summed E-state index contributed by atoms with van der Waals surface area (Å²) < 4.78 is 25.0. The average Bonchev–Trinajstić information content (AvgIpc) is 2.81. The lowest BCUT2D eigenvalue weighted by Crippen LogP contribution is -2.10. The highest BCUT2D eigenvalue weighted by atomic mass is 32.2. The van der Waals surface area contributed by atoms with Gasteiger partial charge >= 0.3 is 0 Å². The Balaban J connectivity index is 2.47. The molecule has 0 unspecified atom stereocenters. The number of non-ortho nitro benzene ring substituents is 1. The van der Waals surface area contributed by atoms with E-state index in [1.165, 1.54) is 35.8 Å². The maximum Gasteiger partial charge on any atom is 0.269 e. The molecular formula is C11H12N4O4S. The molecule has 0 aliphatic rings. The molecule has 0 amide bonds. The molecule has 0 radical (unpaired) electrons. The summed E-state index contributed by atoms with van der Waals surface area (Å²) in [6, 6.07) is 5.67. The van der Waals surface area contributed by atoms with Crippen molar-refractivity contribution in [1.29, 1.82) is 0 Å². The van der Waals surface area contributed by atoms with E-state index in [0.717, 1.165) is 0 Å². The summed E-state index contributed by atoms with van der Waals surface area (Å²) in [5, 5.41) is 18.0. The lowest BCUT2D eigenvalue weighted by molar-refractivity contribution is -0.384. The predicted molar refractivity (Wildman–Crippen MR) is 70.8 cm³/mol. The second kappa shape index (κ2) is 5.00. The van der Waals surface area contributed by atoms with E-state index >= 15 is 0 Å². The van der Waals surface area contributed by atoms with Crippen molar-refractivity contribution in [3.8, 4) is 11.4 Å². The zero-order valence-corrected chi connectivity index (χ0v) is 11.7. The highest BCUT2D eigenvalue weighted by Crippen LogP contribution is 2.22. The van der Waals surface area contributed by atoms with Crippen LogP contribution in [-0.2, 0) is 16.9 Å². The van der Waals surface area contributed by atoms with Gasteiger partial charge in [0.05, 0.1) is 10.7 Å². The molecule has 1 aromatic carbocycles. The van der Waals surface area contributed by atoms with Crippen LogP contribution in [0.3, 0.4) is 0 Å². The van der Waals surface area contributed by atoms with Gasteiger partial charge in [0.15, 0.2) is 5.82 Å². The third kappa shape index (κ3) is 2.39. The summed E-state index contributed by atoms with van der Waals surface area (Å²) in [4.78, 5) is 10.1. The standard InChI is InChI=1S/C11H12N4O4S/c1-3-20(18,19)11-13-12-10(14(11)2)8-4-6-9(7-5-8)15(16)17/h4-7H,3H2,1-2H3. The van der Waals surface area contributed by atoms with Crippen LogP contribution < -0.4 is 0 Å². The van der Waals surface area contributed by atoms with E-state index in [1.54, 1.807) is 7.05 Å². The summed E-state index contributed by atoms with van der Waals surface area (Å²) in [6.07, 6.45) is 0. The smallest absolute Gasteiger partial charge is 0.269 e. The predicted octanol–water partition coefficient (Wildman–Crippen LogP) is 1.18. The SMILES string of the molecule is CCS(=O)(=O)c1nnc(-c2ccc([N+](=O)[O-])cc2)n1C. The highest BCUT2D eigenvalue weighted by molar-refractivity contribution is 7.91. The van der Waals surface area contributed by atoms with Gasteiger partial charge in [-0.05, 0) is 12.1 Å². The maximum atomic E-state index is 11.8. The van der Waals surface area contributed by atoms with Crippen LogP contribution in [0.5, 0.6) is 0 Å². The minimum atomic E-state index is -3.46. The Labute approximate surface area is 115 Å². The second-order valence-corrected chi connectivity index (χ2v) is 6.24. The lowest BCUT2D eigenvalue weighted by atomic mass is 10.2. The van der Waals surface area contributed by atoms with Crippen molar-refractivity contribution < 1.29 is 13.3 Å². The molecule has 0 atom stereocenters. The van der Waals surface area contributed by atoms with Gasteiger partial charge < -0.3 is 4.57 Å². The number of benzene rings is 1. The molecule has 0 spiro atoms. The molecule has 1 heterocycles. The molecule has 0 aliphatic heterocycles. The second-order valence-electron chi connectivity index (χ2n) is 4.07. The lowest BCUT2D eigenvalue weighted by Gasteiger charge is -2.03. The van der Waals surface area contributed by atoms with Gasteiger partial charge in [-0.2, -0.15) is 0 Å². The summed E-state index contributed by atoms with van der Waals surface area (Å²) in [5.74, 6) is 0.270. The van der Waals surface area contributed by atoms with Crippen LogP contribution in [0, 0.1) is 10.1 Å². The van der Waals surface area contributed by atoms with Gasteiger partial charge in [0, 0.05) is 24.7 Å². The van der Waals surface area contributed by atoms with Gasteiger partial charge in [-0.25, -0.2) is 8.42 Å². The van der Waals surface area contributed by atoms with Gasteiger partial charge in [-0.1, -0.05) is 6.92 Å². The monoisotopic (exact) mass is 296 g/mol. The fourth-order valence-electron chi connectivity index (χ4n) is 1.70. The molecule has 0 aliphatic carbocycles. The fourth-order valence-corrected chi connectivity index (χ4v) is 2.63. The summed E-state index contributed by atoms with van der Waals surface area (Å²) in [6.45, 7) is 1.52. The van der Waals surface area contributed by atoms with Gasteiger partial charge in [0.2, 0.25) is 15.0 Å². The van der Waals surface area contributed by atoms with Crippen LogP contribution in [0.2, 0.25) is 0 Å². The number of hydrogen-bond donors (Lipinski definition) is 0. The molecule has 0 saturated carbocycles. The molecule has 106 valence electrons. The van der Waals surface area contributed by atoms with E-state index in [4.69, 9.17) is 0 Å². The molecule has 20 heavy (non-hydrogen) atoms. The third-order valence-electron chi connectivity index (χ3n) is 2.83. The van der Waals surface area contributed by atoms with E-state index in [1.807, 2.05) is 0 Å². The third-order valence-corrected chi connectivity index (χ3v) is 4.50. The van der Waals surface area contributed by atoms with Crippen molar-refractivity contribution >= 4 is 15.5 Å². The molecule has 9 heteroatoms. The first-order valence-corrected chi connectivity index (χ1v) is 7.39. The molecule has 0 N–H and O–H groups in total. The van der Waals surface area contributed by atoms with E-state index in [9.17, 15) is 18.5 Å². The number of aromatic nitrogens is 3. The van der Waals surface area contributed by atoms with Crippen molar-refractivity contribution in [2.24, 2.45) is 7.05 Å². The Morgan fingerprint density at radius 3 is 2.35 bits per heavy atom. The van der Waals surface area contributed by atoms with Crippen molar-refractivity contribution in [3.63, 3.8) is 0 Å². The maximum absolute atomic E-state index is 11.8. The van der Waals surface area contributed by atoms with E-state index < -0.39 is 14.8 Å². The summed E-state index contributed by atoms with van der Waals surface area (Å²) >= 11 is 0. The number of hydrogen-bond acceptors (Lipinski definition) is 6. The molecule has 0 saturated heterocycles. The molecule has 2 aromatic rings. The Hall–Kier alpha value is -2.29. The molecular weight excluding hydrogens is 284 g/mol. The first-order valence-electron chi connectivity index (χ1n) is 5.74. The zero-order chi connectivity index (χ0) is 14.9. The number of nitrogens with zero attached hydrogens (tertiary/aromatic N) is 4. The van der Waals surface area contributed by atoms with Crippen molar-refractivity contribution in [1.82, 2.24) is 14.8 Å². The molecule has 0 fully saturated rings. The number of nitro benzene ring substituents is 1. The number of nitro groups is 1. The van der Waals surface area contributed by atoms with E-state index in [-0.39, 0.29) is 16.6 Å². The van der Waals surface area contributed by atoms with Crippen LogP contribution in [0.4, 0.5) is 5.69 Å². The average molecular weight is 296 g/mol. The molecule has 2 rings (SSSR count). The van der Waals surface area contributed by atoms with Gasteiger partial charge in [-0.15, -0.1) is 10.2 Å². The van der Waals surface area contributed by atoms with Gasteiger partial charge in [-0.3, -0.25) is 10.1 Å². The minimum Gasteiger partial charge on any atom is -0.301 e. The Morgan fingerprint density at radius 2 is 1.85 bits per heavy atom. The van der Waals surface area contributed by atoms with Crippen molar-refractivity contribution in [2.75, 3.05) is 5.75 Å². The summed E-state index contributed by atoms with van der Waals surface area (Å²) in [7, 11) is -1.92. The summed E-state index contributed by atoms with van der Waals surface area (Å²) in [5.41, 5.74) is 0.514. The van der Waals surface area contributed by atoms with Crippen molar-refractivity contribution in [3.05, 3.63) is 34.4 Å². The van der Waals surface area contributed by atoms with Crippen LogP contribution in [0.1, 0.15) is 6.92 Å². The van der Waals surface area contributed by atoms with E-state index in [0.29, 0.717) is 11.4 Å². The van der Waals surface area contributed by atoms with Crippen LogP contribution >= 0.6 is 0 Å². The van der Waals surface area contributed by atoms with E-state index in [2.05, 4.69) is 10.2 Å². The Kier molecular flexibility index (Phi) is 3.53. The fraction of sp³-hybridized carbons (Fsp3) is 0.273. The molecule has 1 aromatic heterocycles. The first-order chi connectivity index (χ1) is 9.36. The van der Waals surface area contributed by atoms with Crippen molar-refractivity contribution in [2.45, 2.75) is 12.1 Å². The number of sulfone groups is 1. The van der Waals surface area contributed by atoms with Crippen LogP contribution in [0.15, 0.2) is 29.4 Å². The largest absolute Gasteiger partial charge is 0.301 e. The Bertz CT molecular complexity index is 749.